The largest absolute Gasteiger partial charge is 0.360 e. The lowest BCUT2D eigenvalue weighted by atomic mass is 10.2. The first-order valence-electron chi connectivity index (χ1n) is 3.94. The maximum absolute atomic E-state index is 4.01. The Kier molecular flexibility index (Phi) is 3.90. The number of anilines is 1. The Labute approximate surface area is 71.0 Å². The second-order valence-electron chi connectivity index (χ2n) is 2.38. The molecule has 0 fully saturated rings. The molecule has 1 aromatic rings. The molecule has 3 nitrogen and oxygen atoms in total. The third-order valence-electron chi connectivity index (χ3n) is 1.42. The van der Waals surface area contributed by atoms with Crippen molar-refractivity contribution in [1.29, 1.82) is 0 Å². The monoisotopic (exact) mass is 171 g/mol. The molecule has 1 N–H and O–H groups in total. The zero-order chi connectivity index (χ0) is 7.94. The predicted molar refractivity (Wildman–Crippen MR) is 47.9 cm³/mol. The predicted octanol–water partition coefficient (Wildman–Crippen LogP) is 2.14. The SMILES string of the molecule is CCCCCNc1ncns1. The van der Waals surface area contributed by atoms with E-state index in [1.807, 2.05) is 0 Å². The summed E-state index contributed by atoms with van der Waals surface area (Å²) in [6.45, 7) is 3.22. The van der Waals surface area contributed by atoms with Crippen LogP contribution in [0.15, 0.2) is 6.33 Å². The van der Waals surface area contributed by atoms with E-state index in [4.69, 9.17) is 0 Å². The van der Waals surface area contributed by atoms with Crippen molar-refractivity contribution in [3.63, 3.8) is 0 Å². The van der Waals surface area contributed by atoms with Crippen molar-refractivity contribution in [2.75, 3.05) is 11.9 Å². The van der Waals surface area contributed by atoms with Crippen molar-refractivity contribution >= 4 is 16.7 Å². The molecule has 0 spiro atoms. The Morgan fingerprint density at radius 2 is 2.45 bits per heavy atom. The van der Waals surface area contributed by atoms with Gasteiger partial charge in [-0.05, 0) is 6.42 Å². The molecule has 11 heavy (non-hydrogen) atoms. The number of unbranched alkanes of at least 4 members (excludes halogenated alkanes) is 2. The highest BCUT2D eigenvalue weighted by Gasteiger charge is 1.92. The molecule has 0 bridgehead atoms. The molecule has 0 saturated heterocycles. The van der Waals surface area contributed by atoms with Crippen LogP contribution in [0.3, 0.4) is 0 Å². The standard InChI is InChI=1S/C7H13N3S/c1-2-3-4-5-8-7-9-6-10-11-7/h6H,2-5H2,1H3,(H,8,9,10). The summed E-state index contributed by atoms with van der Waals surface area (Å²) in [5.41, 5.74) is 0. The Bertz CT molecular complexity index is 174. The highest BCUT2D eigenvalue weighted by molar-refractivity contribution is 7.09. The summed E-state index contributed by atoms with van der Waals surface area (Å²) in [7, 11) is 0. The average molecular weight is 171 g/mol. The molecule has 1 heterocycles. The van der Waals surface area contributed by atoms with E-state index in [2.05, 4.69) is 21.6 Å². The second kappa shape index (κ2) is 5.07. The van der Waals surface area contributed by atoms with Crippen molar-refractivity contribution in [1.82, 2.24) is 9.36 Å². The van der Waals surface area contributed by atoms with Gasteiger partial charge in [-0.1, -0.05) is 19.8 Å². The van der Waals surface area contributed by atoms with Gasteiger partial charge in [0.1, 0.15) is 6.33 Å². The van der Waals surface area contributed by atoms with Gasteiger partial charge < -0.3 is 5.32 Å². The van der Waals surface area contributed by atoms with Crippen LogP contribution >= 0.6 is 11.5 Å². The van der Waals surface area contributed by atoms with Gasteiger partial charge in [0.2, 0.25) is 5.13 Å². The molecule has 0 amide bonds. The second-order valence-corrected chi connectivity index (χ2v) is 3.16. The fourth-order valence-corrected chi connectivity index (χ4v) is 1.28. The average Bonchev–Trinajstić information content (AvgIpc) is 2.50. The summed E-state index contributed by atoms with van der Waals surface area (Å²) in [6, 6.07) is 0. The molecule has 0 saturated carbocycles. The Hall–Kier alpha value is -0.640. The first-order valence-corrected chi connectivity index (χ1v) is 4.71. The Balaban J connectivity index is 2.04. The summed E-state index contributed by atoms with van der Waals surface area (Å²) in [5, 5.41) is 4.14. The summed E-state index contributed by atoms with van der Waals surface area (Å²) < 4.78 is 3.89. The molecule has 0 aromatic carbocycles. The van der Waals surface area contributed by atoms with Crippen LogP contribution < -0.4 is 5.32 Å². The van der Waals surface area contributed by atoms with Crippen molar-refractivity contribution in [3.05, 3.63) is 6.33 Å². The van der Waals surface area contributed by atoms with Gasteiger partial charge in [-0.3, -0.25) is 0 Å². The minimum atomic E-state index is 0.932. The molecule has 0 atom stereocenters. The molecule has 0 radical (unpaired) electrons. The number of hydrogen-bond donors (Lipinski definition) is 1. The summed E-state index contributed by atoms with van der Waals surface area (Å²) >= 11 is 1.41. The molecular formula is C7H13N3S. The van der Waals surface area contributed by atoms with Gasteiger partial charge in [0, 0.05) is 18.1 Å². The van der Waals surface area contributed by atoms with E-state index in [1.54, 1.807) is 6.33 Å². The number of hydrogen-bond acceptors (Lipinski definition) is 4. The molecule has 1 aromatic heterocycles. The van der Waals surface area contributed by atoms with Crippen molar-refractivity contribution in [2.45, 2.75) is 26.2 Å². The van der Waals surface area contributed by atoms with Gasteiger partial charge in [0.15, 0.2) is 0 Å². The van der Waals surface area contributed by atoms with Gasteiger partial charge in [0.25, 0.3) is 0 Å². The molecular weight excluding hydrogens is 158 g/mol. The quantitative estimate of drug-likeness (QED) is 0.690. The van der Waals surface area contributed by atoms with Crippen molar-refractivity contribution < 1.29 is 0 Å². The topological polar surface area (TPSA) is 37.8 Å². The molecule has 62 valence electrons. The van der Waals surface area contributed by atoms with Crippen LogP contribution in [0.2, 0.25) is 0 Å². The highest BCUT2D eigenvalue weighted by atomic mass is 32.1. The van der Waals surface area contributed by atoms with Crippen LogP contribution in [0, 0.1) is 0 Å². The highest BCUT2D eigenvalue weighted by Crippen LogP contribution is 2.06. The number of nitrogens with one attached hydrogen (secondary N) is 1. The van der Waals surface area contributed by atoms with E-state index >= 15 is 0 Å². The smallest absolute Gasteiger partial charge is 0.202 e. The summed E-state index contributed by atoms with van der Waals surface area (Å²) in [5.74, 6) is 0. The van der Waals surface area contributed by atoms with Gasteiger partial charge in [0.05, 0.1) is 0 Å². The number of rotatable bonds is 5. The third-order valence-corrected chi connectivity index (χ3v) is 2.04. The van der Waals surface area contributed by atoms with Crippen molar-refractivity contribution in [3.8, 4) is 0 Å². The van der Waals surface area contributed by atoms with E-state index in [0.717, 1.165) is 11.7 Å². The lowest BCUT2D eigenvalue weighted by Crippen LogP contribution is -1.99. The maximum Gasteiger partial charge on any atom is 0.202 e. The first-order chi connectivity index (χ1) is 5.43. The Morgan fingerprint density at radius 3 is 3.09 bits per heavy atom. The zero-order valence-electron chi connectivity index (χ0n) is 6.71. The molecule has 0 aliphatic rings. The molecule has 4 heteroatoms. The van der Waals surface area contributed by atoms with Crippen LogP contribution in [0.1, 0.15) is 26.2 Å². The Morgan fingerprint density at radius 1 is 1.55 bits per heavy atom. The van der Waals surface area contributed by atoms with Crippen LogP contribution in [0.5, 0.6) is 0 Å². The van der Waals surface area contributed by atoms with Crippen LogP contribution in [0.25, 0.3) is 0 Å². The maximum atomic E-state index is 4.01. The lowest BCUT2D eigenvalue weighted by molar-refractivity contribution is 0.743. The molecule has 0 aliphatic carbocycles. The van der Waals surface area contributed by atoms with Gasteiger partial charge >= 0.3 is 0 Å². The zero-order valence-corrected chi connectivity index (χ0v) is 7.52. The van der Waals surface area contributed by atoms with Crippen LogP contribution in [-0.2, 0) is 0 Å². The fourth-order valence-electron chi connectivity index (χ4n) is 0.821. The molecule has 0 aliphatic heterocycles. The molecule has 1 rings (SSSR count). The minimum Gasteiger partial charge on any atom is -0.360 e. The van der Waals surface area contributed by atoms with Crippen LogP contribution in [-0.4, -0.2) is 15.9 Å². The summed E-state index contributed by atoms with van der Waals surface area (Å²) in [4.78, 5) is 4.01. The minimum absolute atomic E-state index is 0.932. The van der Waals surface area contributed by atoms with Gasteiger partial charge in [-0.15, -0.1) is 0 Å². The van der Waals surface area contributed by atoms with E-state index in [9.17, 15) is 0 Å². The molecule has 0 unspecified atom stereocenters. The van der Waals surface area contributed by atoms with E-state index in [1.165, 1.54) is 30.8 Å². The number of aromatic nitrogens is 2. The van der Waals surface area contributed by atoms with E-state index in [-0.39, 0.29) is 0 Å². The van der Waals surface area contributed by atoms with Crippen LogP contribution in [0.4, 0.5) is 5.13 Å². The third kappa shape index (κ3) is 3.32. The lowest BCUT2D eigenvalue weighted by Gasteiger charge is -1.98. The van der Waals surface area contributed by atoms with Gasteiger partial charge in [-0.2, -0.15) is 4.37 Å². The van der Waals surface area contributed by atoms with Gasteiger partial charge in [-0.25, -0.2) is 4.98 Å². The first kappa shape index (κ1) is 8.46. The summed E-state index contributed by atoms with van der Waals surface area (Å²) in [6.07, 6.45) is 5.34. The van der Waals surface area contributed by atoms with E-state index < -0.39 is 0 Å². The fraction of sp³-hybridized carbons (Fsp3) is 0.714. The van der Waals surface area contributed by atoms with Crippen molar-refractivity contribution in [2.24, 2.45) is 0 Å². The normalized spacial score (nSPS) is 9.91. The number of nitrogens with zero attached hydrogens (tertiary/aromatic N) is 2. The van der Waals surface area contributed by atoms with E-state index in [0.29, 0.717) is 0 Å².